The Bertz CT molecular complexity index is 711. The van der Waals surface area contributed by atoms with Crippen molar-refractivity contribution in [2.45, 2.75) is 58.5 Å². The minimum Gasteiger partial charge on any atom is -0.356 e. The summed E-state index contributed by atoms with van der Waals surface area (Å²) in [7, 11) is -2.83. The predicted molar refractivity (Wildman–Crippen MR) is 109 cm³/mol. The molecule has 1 saturated heterocycles. The Labute approximate surface area is 161 Å². The second-order valence-electron chi connectivity index (χ2n) is 8.50. The number of guanidine groups is 1. The minimum atomic E-state index is -2.83. The lowest BCUT2D eigenvalue weighted by Crippen LogP contribution is -2.47. The molecule has 2 aliphatic rings. The van der Waals surface area contributed by atoms with Gasteiger partial charge in [-0.2, -0.15) is 0 Å². The Morgan fingerprint density at radius 1 is 1.38 bits per heavy atom. The van der Waals surface area contributed by atoms with Gasteiger partial charge in [-0.15, -0.1) is 11.3 Å². The van der Waals surface area contributed by atoms with Crippen molar-refractivity contribution < 1.29 is 8.42 Å². The Balaban J connectivity index is 1.60. The molecule has 3 rings (SSSR count). The van der Waals surface area contributed by atoms with E-state index in [0.717, 1.165) is 18.8 Å². The van der Waals surface area contributed by atoms with Gasteiger partial charge in [0.2, 0.25) is 0 Å². The van der Waals surface area contributed by atoms with Crippen LogP contribution in [-0.4, -0.2) is 38.5 Å². The predicted octanol–water partition coefficient (Wildman–Crippen LogP) is 3.19. The largest absolute Gasteiger partial charge is 0.356 e. The highest BCUT2D eigenvalue weighted by atomic mass is 32.2. The van der Waals surface area contributed by atoms with Gasteiger partial charge in [-0.3, -0.25) is 0 Å². The van der Waals surface area contributed by atoms with Crippen molar-refractivity contribution in [1.29, 1.82) is 0 Å². The van der Waals surface area contributed by atoms with Gasteiger partial charge in [0.05, 0.1) is 18.1 Å². The maximum atomic E-state index is 11.7. The van der Waals surface area contributed by atoms with E-state index in [1.807, 2.05) is 6.07 Å². The summed E-state index contributed by atoms with van der Waals surface area (Å²) in [5.74, 6) is 1.64. The van der Waals surface area contributed by atoms with Crippen LogP contribution in [0.15, 0.2) is 22.5 Å². The first kappa shape index (κ1) is 19.7. The van der Waals surface area contributed by atoms with Crippen molar-refractivity contribution in [3.63, 3.8) is 0 Å². The van der Waals surface area contributed by atoms with E-state index in [4.69, 9.17) is 4.99 Å². The third kappa shape index (κ3) is 5.98. The standard InChI is InChI=1S/C19H31N3O2S2/c1-19(2)8-3-5-16(11-19)22-18(21-13-17-6-4-9-25-17)20-12-15-7-10-26(23,24)14-15/h4,6,9,15-16H,3,5,7-8,10-14H2,1-2H3,(H2,20,21,22). The number of nitrogens with zero attached hydrogens (tertiary/aromatic N) is 1. The van der Waals surface area contributed by atoms with E-state index in [2.05, 4.69) is 35.9 Å². The van der Waals surface area contributed by atoms with Crippen LogP contribution >= 0.6 is 11.3 Å². The Hall–Kier alpha value is -1.08. The number of thiophene rings is 1. The van der Waals surface area contributed by atoms with E-state index in [0.29, 0.717) is 36.1 Å². The van der Waals surface area contributed by atoms with Crippen LogP contribution in [0, 0.1) is 11.3 Å². The van der Waals surface area contributed by atoms with E-state index in [1.165, 1.54) is 24.1 Å². The molecule has 26 heavy (non-hydrogen) atoms. The molecule has 1 saturated carbocycles. The zero-order valence-corrected chi connectivity index (χ0v) is 17.5. The minimum absolute atomic E-state index is 0.191. The fourth-order valence-electron chi connectivity index (χ4n) is 4.00. The van der Waals surface area contributed by atoms with E-state index >= 15 is 0 Å². The van der Waals surface area contributed by atoms with Crippen LogP contribution in [0.2, 0.25) is 0 Å². The summed E-state index contributed by atoms with van der Waals surface area (Å²) in [5.41, 5.74) is 0.369. The number of aliphatic imine (C=N–C) groups is 1. The maximum absolute atomic E-state index is 11.7. The highest BCUT2D eigenvalue weighted by Gasteiger charge is 2.30. The molecule has 2 fully saturated rings. The van der Waals surface area contributed by atoms with Gasteiger partial charge in [0.25, 0.3) is 0 Å². The van der Waals surface area contributed by atoms with Crippen LogP contribution in [0.4, 0.5) is 0 Å². The van der Waals surface area contributed by atoms with Crippen LogP contribution < -0.4 is 10.6 Å². The molecule has 7 heteroatoms. The molecule has 1 aromatic rings. The van der Waals surface area contributed by atoms with Gasteiger partial charge in [-0.05, 0) is 48.5 Å². The number of sulfone groups is 1. The topological polar surface area (TPSA) is 70.6 Å². The zero-order chi connectivity index (χ0) is 18.6. The molecule has 146 valence electrons. The molecular formula is C19H31N3O2S2. The first-order chi connectivity index (χ1) is 12.3. The summed E-state index contributed by atoms with van der Waals surface area (Å²) < 4.78 is 23.4. The quantitative estimate of drug-likeness (QED) is 0.591. The van der Waals surface area contributed by atoms with Crippen molar-refractivity contribution in [2.75, 3.05) is 18.1 Å². The van der Waals surface area contributed by atoms with Crippen LogP contribution in [0.25, 0.3) is 0 Å². The highest BCUT2D eigenvalue weighted by molar-refractivity contribution is 7.91. The molecule has 1 aromatic heterocycles. The molecule has 1 aliphatic carbocycles. The van der Waals surface area contributed by atoms with E-state index in [1.54, 1.807) is 11.3 Å². The lowest BCUT2D eigenvalue weighted by Gasteiger charge is -2.36. The molecule has 2 heterocycles. The summed E-state index contributed by atoms with van der Waals surface area (Å²) in [4.78, 5) is 6.00. The summed E-state index contributed by atoms with van der Waals surface area (Å²) in [6.07, 6.45) is 5.58. The van der Waals surface area contributed by atoms with Gasteiger partial charge in [0.15, 0.2) is 15.8 Å². The van der Waals surface area contributed by atoms with Crippen molar-refractivity contribution >= 4 is 27.1 Å². The van der Waals surface area contributed by atoms with Gasteiger partial charge in [0.1, 0.15) is 0 Å². The molecule has 5 nitrogen and oxygen atoms in total. The van der Waals surface area contributed by atoms with Crippen molar-refractivity contribution in [1.82, 2.24) is 10.6 Å². The van der Waals surface area contributed by atoms with Crippen molar-refractivity contribution in [2.24, 2.45) is 16.3 Å². The Morgan fingerprint density at radius 3 is 2.88 bits per heavy atom. The lowest BCUT2D eigenvalue weighted by atomic mass is 9.75. The first-order valence-corrected chi connectivity index (χ1v) is 12.3. The lowest BCUT2D eigenvalue weighted by molar-refractivity contribution is 0.210. The first-order valence-electron chi connectivity index (χ1n) is 9.59. The summed E-state index contributed by atoms with van der Waals surface area (Å²) >= 11 is 1.71. The monoisotopic (exact) mass is 397 g/mol. The third-order valence-corrected chi connectivity index (χ3v) is 8.10. The molecule has 0 amide bonds. The van der Waals surface area contributed by atoms with Crippen LogP contribution in [0.5, 0.6) is 0 Å². The highest BCUT2D eigenvalue weighted by Crippen LogP contribution is 2.35. The van der Waals surface area contributed by atoms with Crippen LogP contribution in [-0.2, 0) is 16.4 Å². The Morgan fingerprint density at radius 2 is 2.23 bits per heavy atom. The molecule has 2 N–H and O–H groups in total. The number of rotatable bonds is 5. The maximum Gasteiger partial charge on any atom is 0.191 e. The molecule has 0 spiro atoms. The van der Waals surface area contributed by atoms with Gasteiger partial charge in [0, 0.05) is 17.5 Å². The average molecular weight is 398 g/mol. The van der Waals surface area contributed by atoms with Crippen LogP contribution in [0.3, 0.4) is 0 Å². The van der Waals surface area contributed by atoms with E-state index in [-0.39, 0.29) is 5.92 Å². The molecule has 1 aliphatic heterocycles. The van der Waals surface area contributed by atoms with E-state index in [9.17, 15) is 8.42 Å². The number of nitrogens with one attached hydrogen (secondary N) is 2. The molecule has 0 radical (unpaired) electrons. The van der Waals surface area contributed by atoms with Gasteiger partial charge in [-0.1, -0.05) is 26.3 Å². The number of hydrogen-bond donors (Lipinski definition) is 2. The fourth-order valence-corrected chi connectivity index (χ4v) is 6.49. The second kappa shape index (κ2) is 8.30. The smallest absolute Gasteiger partial charge is 0.191 e. The fraction of sp³-hybridized carbons (Fsp3) is 0.737. The van der Waals surface area contributed by atoms with Crippen molar-refractivity contribution in [3.05, 3.63) is 22.4 Å². The molecule has 2 unspecified atom stereocenters. The molecule has 0 bridgehead atoms. The summed E-state index contributed by atoms with van der Waals surface area (Å²) in [6.45, 7) is 6.00. The molecule has 2 atom stereocenters. The van der Waals surface area contributed by atoms with Gasteiger partial charge < -0.3 is 10.6 Å². The summed E-state index contributed by atoms with van der Waals surface area (Å²) in [5, 5.41) is 9.10. The zero-order valence-electron chi connectivity index (χ0n) is 15.8. The van der Waals surface area contributed by atoms with Gasteiger partial charge in [-0.25, -0.2) is 13.4 Å². The van der Waals surface area contributed by atoms with E-state index < -0.39 is 9.84 Å². The SMILES string of the molecule is CC1(C)CCCC(NC(=NCc2cccs2)NCC2CCS(=O)(=O)C2)C1. The molecular weight excluding hydrogens is 366 g/mol. The molecule has 0 aromatic carbocycles. The Kier molecular flexibility index (Phi) is 6.28. The van der Waals surface area contributed by atoms with Crippen LogP contribution in [0.1, 0.15) is 50.8 Å². The number of hydrogen-bond acceptors (Lipinski definition) is 4. The normalized spacial score (nSPS) is 28.0. The van der Waals surface area contributed by atoms with Crippen molar-refractivity contribution in [3.8, 4) is 0 Å². The second-order valence-corrected chi connectivity index (χ2v) is 11.8. The average Bonchev–Trinajstić information content (AvgIpc) is 3.18. The summed E-state index contributed by atoms with van der Waals surface area (Å²) in [6, 6.07) is 4.57. The third-order valence-electron chi connectivity index (χ3n) is 5.40. The van der Waals surface area contributed by atoms with Gasteiger partial charge >= 0.3 is 0 Å².